The summed E-state index contributed by atoms with van der Waals surface area (Å²) >= 11 is 0. The van der Waals surface area contributed by atoms with E-state index in [-0.39, 0.29) is 11.6 Å². The molecule has 1 rings (SSSR count). The normalized spacial score (nSPS) is 36.2. The summed E-state index contributed by atoms with van der Waals surface area (Å²) in [6, 6.07) is 0. The van der Waals surface area contributed by atoms with Crippen molar-refractivity contribution in [2.75, 3.05) is 0 Å². The Kier molecular flexibility index (Phi) is 5.01. The summed E-state index contributed by atoms with van der Waals surface area (Å²) in [5, 5.41) is 0. The van der Waals surface area contributed by atoms with Crippen LogP contribution >= 0.6 is 0 Å². The van der Waals surface area contributed by atoms with Crippen LogP contribution in [-0.4, -0.2) is 11.6 Å². The lowest BCUT2D eigenvalue weighted by Crippen LogP contribution is -2.49. The number of hydrogen-bond donors (Lipinski definition) is 0. The van der Waals surface area contributed by atoms with E-state index in [0.29, 0.717) is 17.4 Å². The van der Waals surface area contributed by atoms with Crippen molar-refractivity contribution < 1.29 is 9.53 Å². The monoisotopic (exact) mass is 252 g/mol. The highest BCUT2D eigenvalue weighted by molar-refractivity contribution is 5.87. The van der Waals surface area contributed by atoms with Crippen molar-refractivity contribution in [3.8, 4) is 0 Å². The van der Waals surface area contributed by atoms with Crippen LogP contribution in [0.15, 0.2) is 12.2 Å². The fourth-order valence-corrected chi connectivity index (χ4v) is 3.25. The summed E-state index contributed by atoms with van der Waals surface area (Å²) in [6.45, 7) is 14.2. The largest absolute Gasteiger partial charge is 0.455 e. The van der Waals surface area contributed by atoms with E-state index in [1.165, 1.54) is 12.8 Å². The molecule has 1 aliphatic carbocycles. The Hall–Kier alpha value is -0.790. The lowest BCUT2D eigenvalue weighted by atomic mass is 9.64. The minimum Gasteiger partial charge on any atom is -0.455 e. The van der Waals surface area contributed by atoms with Crippen molar-refractivity contribution in [1.29, 1.82) is 0 Å². The maximum Gasteiger partial charge on any atom is 0.333 e. The van der Waals surface area contributed by atoms with Crippen molar-refractivity contribution in [3.05, 3.63) is 12.2 Å². The van der Waals surface area contributed by atoms with Gasteiger partial charge in [0.1, 0.15) is 5.60 Å². The van der Waals surface area contributed by atoms with E-state index in [0.717, 1.165) is 18.8 Å². The third-order valence-electron chi connectivity index (χ3n) is 4.83. The molecular weight excluding hydrogens is 224 g/mol. The Labute approximate surface area is 112 Å². The third-order valence-corrected chi connectivity index (χ3v) is 4.83. The lowest BCUT2D eigenvalue weighted by Gasteiger charge is -2.48. The number of hydrogen-bond acceptors (Lipinski definition) is 2. The molecule has 0 N–H and O–H groups in total. The number of rotatable bonds is 4. The van der Waals surface area contributed by atoms with Crippen LogP contribution in [0.3, 0.4) is 0 Å². The Bertz CT molecular complexity index is 321. The molecule has 0 radical (unpaired) electrons. The molecule has 1 aliphatic rings. The van der Waals surface area contributed by atoms with E-state index < -0.39 is 0 Å². The number of ether oxygens (including phenoxy) is 1. The fourth-order valence-electron chi connectivity index (χ4n) is 3.25. The average molecular weight is 252 g/mol. The molecule has 4 atom stereocenters. The van der Waals surface area contributed by atoms with E-state index in [4.69, 9.17) is 4.74 Å². The molecule has 2 heteroatoms. The second kappa shape index (κ2) is 5.90. The van der Waals surface area contributed by atoms with Gasteiger partial charge in [0.2, 0.25) is 0 Å². The molecule has 0 aliphatic heterocycles. The zero-order valence-corrected chi connectivity index (χ0v) is 12.6. The van der Waals surface area contributed by atoms with E-state index in [9.17, 15) is 4.79 Å². The first kappa shape index (κ1) is 15.3. The maximum atomic E-state index is 11.9. The van der Waals surface area contributed by atoms with Crippen molar-refractivity contribution in [2.24, 2.45) is 17.8 Å². The van der Waals surface area contributed by atoms with E-state index >= 15 is 0 Å². The van der Waals surface area contributed by atoms with Crippen molar-refractivity contribution in [2.45, 2.75) is 65.9 Å². The first-order valence-electron chi connectivity index (χ1n) is 7.23. The standard InChI is InChI=1S/C16H28O2/c1-7-13-9-12(5)16(6,14(8-2)10-13)18-15(17)11(3)4/h12-14H,3,7-10H2,1-2,4-6H3. The lowest BCUT2D eigenvalue weighted by molar-refractivity contribution is -0.174. The van der Waals surface area contributed by atoms with E-state index in [2.05, 4.69) is 34.3 Å². The van der Waals surface area contributed by atoms with Crippen molar-refractivity contribution in [3.63, 3.8) is 0 Å². The highest BCUT2D eigenvalue weighted by Gasteiger charge is 2.46. The molecule has 0 aromatic heterocycles. The SMILES string of the molecule is C=C(C)C(=O)OC1(C)C(C)CC(CC)CC1CC. The second-order valence-electron chi connectivity index (χ2n) is 6.11. The van der Waals surface area contributed by atoms with Crippen LogP contribution in [0.4, 0.5) is 0 Å². The summed E-state index contributed by atoms with van der Waals surface area (Å²) in [6.07, 6.45) is 4.64. The van der Waals surface area contributed by atoms with Gasteiger partial charge in [-0.15, -0.1) is 0 Å². The van der Waals surface area contributed by atoms with Gasteiger partial charge in [-0.1, -0.05) is 33.8 Å². The highest BCUT2D eigenvalue weighted by atomic mass is 16.6. The molecule has 1 fully saturated rings. The van der Waals surface area contributed by atoms with Crippen LogP contribution in [0.25, 0.3) is 0 Å². The molecule has 4 unspecified atom stereocenters. The highest BCUT2D eigenvalue weighted by Crippen LogP contribution is 2.46. The van der Waals surface area contributed by atoms with E-state index in [1.54, 1.807) is 6.92 Å². The Morgan fingerprint density at radius 2 is 1.94 bits per heavy atom. The molecule has 104 valence electrons. The van der Waals surface area contributed by atoms with Crippen LogP contribution in [0.5, 0.6) is 0 Å². The Balaban J connectivity index is 2.88. The molecule has 0 aromatic carbocycles. The topological polar surface area (TPSA) is 26.3 Å². The number of carbonyl (C=O) groups is 1. The van der Waals surface area contributed by atoms with Crippen molar-refractivity contribution >= 4 is 5.97 Å². The van der Waals surface area contributed by atoms with Crippen LogP contribution in [0.2, 0.25) is 0 Å². The van der Waals surface area contributed by atoms with Gasteiger partial charge in [0.05, 0.1) is 0 Å². The summed E-state index contributed by atoms with van der Waals surface area (Å²) < 4.78 is 5.81. The number of esters is 1. The Morgan fingerprint density at radius 1 is 1.33 bits per heavy atom. The van der Waals surface area contributed by atoms with Gasteiger partial charge in [0.25, 0.3) is 0 Å². The molecule has 1 saturated carbocycles. The zero-order valence-electron chi connectivity index (χ0n) is 12.6. The summed E-state index contributed by atoms with van der Waals surface area (Å²) in [5.74, 6) is 1.43. The van der Waals surface area contributed by atoms with Gasteiger partial charge in [0, 0.05) is 5.57 Å². The first-order chi connectivity index (χ1) is 8.35. The second-order valence-corrected chi connectivity index (χ2v) is 6.11. The van der Waals surface area contributed by atoms with E-state index in [1.807, 2.05) is 0 Å². The summed E-state index contributed by atoms with van der Waals surface area (Å²) in [7, 11) is 0. The molecule has 0 heterocycles. The summed E-state index contributed by atoms with van der Waals surface area (Å²) in [5.41, 5.74) is 0.173. The van der Waals surface area contributed by atoms with Gasteiger partial charge >= 0.3 is 5.97 Å². The van der Waals surface area contributed by atoms with Crippen LogP contribution in [0, 0.1) is 17.8 Å². The fraction of sp³-hybridized carbons (Fsp3) is 0.812. The predicted octanol–water partition coefficient (Wildman–Crippen LogP) is 4.35. The minimum absolute atomic E-state index is 0.238. The molecule has 0 aromatic rings. The molecule has 2 nitrogen and oxygen atoms in total. The molecule has 18 heavy (non-hydrogen) atoms. The van der Waals surface area contributed by atoms with Gasteiger partial charge in [-0.2, -0.15) is 0 Å². The van der Waals surface area contributed by atoms with Crippen molar-refractivity contribution in [1.82, 2.24) is 0 Å². The van der Waals surface area contributed by atoms with Crippen LogP contribution in [0.1, 0.15) is 60.3 Å². The van der Waals surface area contributed by atoms with Crippen LogP contribution < -0.4 is 0 Å². The third kappa shape index (κ3) is 2.96. The van der Waals surface area contributed by atoms with Gasteiger partial charge in [-0.05, 0) is 50.9 Å². The quantitative estimate of drug-likeness (QED) is 0.549. The van der Waals surface area contributed by atoms with Gasteiger partial charge in [-0.3, -0.25) is 0 Å². The van der Waals surface area contributed by atoms with Gasteiger partial charge in [-0.25, -0.2) is 4.79 Å². The van der Waals surface area contributed by atoms with Crippen LogP contribution in [-0.2, 0) is 9.53 Å². The zero-order chi connectivity index (χ0) is 13.9. The molecule has 0 saturated heterocycles. The molecule has 0 bridgehead atoms. The maximum absolute atomic E-state index is 11.9. The number of carbonyl (C=O) groups excluding carboxylic acids is 1. The first-order valence-corrected chi connectivity index (χ1v) is 7.23. The predicted molar refractivity (Wildman–Crippen MR) is 75.3 cm³/mol. The molecule has 0 amide bonds. The van der Waals surface area contributed by atoms with Gasteiger partial charge in [0.15, 0.2) is 0 Å². The molecule has 0 spiro atoms. The average Bonchev–Trinajstić information content (AvgIpc) is 2.32. The summed E-state index contributed by atoms with van der Waals surface area (Å²) in [4.78, 5) is 11.9. The Morgan fingerprint density at radius 3 is 2.39 bits per heavy atom. The van der Waals surface area contributed by atoms with Gasteiger partial charge < -0.3 is 4.74 Å². The minimum atomic E-state index is -0.323. The molecular formula is C16H28O2. The smallest absolute Gasteiger partial charge is 0.333 e.